The van der Waals surface area contributed by atoms with E-state index in [1.807, 2.05) is 6.07 Å². The van der Waals surface area contributed by atoms with Crippen LogP contribution in [0.3, 0.4) is 0 Å². The second kappa shape index (κ2) is 12.5. The van der Waals surface area contributed by atoms with Gasteiger partial charge in [-0.3, -0.25) is 9.59 Å². The SMILES string of the molecule is COc1ccc(NC(=O)COc2ccc(C=C(C#N)C(=O)Nc3ccc(OC)cc3)cc2OC)cc1. The van der Waals surface area contributed by atoms with Gasteiger partial charge in [0, 0.05) is 11.4 Å². The first kappa shape index (κ1) is 25.6. The smallest absolute Gasteiger partial charge is 0.266 e. The molecule has 0 saturated heterocycles. The molecule has 3 rings (SSSR count). The monoisotopic (exact) mass is 487 g/mol. The van der Waals surface area contributed by atoms with Crippen LogP contribution in [0, 0.1) is 11.3 Å². The third-order valence-electron chi connectivity index (χ3n) is 4.94. The second-order valence-corrected chi connectivity index (χ2v) is 7.33. The lowest BCUT2D eigenvalue weighted by molar-refractivity contribution is -0.118. The van der Waals surface area contributed by atoms with Gasteiger partial charge in [0.1, 0.15) is 23.1 Å². The summed E-state index contributed by atoms with van der Waals surface area (Å²) in [6.07, 6.45) is 1.43. The van der Waals surface area contributed by atoms with Gasteiger partial charge in [-0.2, -0.15) is 5.26 Å². The Morgan fingerprint density at radius 3 is 1.92 bits per heavy atom. The summed E-state index contributed by atoms with van der Waals surface area (Å²) < 4.78 is 21.1. The predicted molar refractivity (Wildman–Crippen MR) is 135 cm³/mol. The van der Waals surface area contributed by atoms with Gasteiger partial charge in [-0.1, -0.05) is 6.07 Å². The third-order valence-corrected chi connectivity index (χ3v) is 4.94. The standard InChI is InChI=1S/C27H25N3O6/c1-33-22-9-5-20(6-10-22)29-26(31)17-36-24-13-4-18(15-25(24)35-3)14-19(16-28)27(32)30-21-7-11-23(34-2)12-8-21/h4-15H,17H2,1-3H3,(H,29,31)(H,30,32). The molecule has 0 aliphatic rings. The summed E-state index contributed by atoms with van der Waals surface area (Å²) in [5.74, 6) is 1.09. The van der Waals surface area contributed by atoms with Crippen LogP contribution in [0.15, 0.2) is 72.3 Å². The number of nitrogens with zero attached hydrogens (tertiary/aromatic N) is 1. The van der Waals surface area contributed by atoms with E-state index in [1.165, 1.54) is 13.2 Å². The maximum atomic E-state index is 12.5. The first-order valence-corrected chi connectivity index (χ1v) is 10.8. The average molecular weight is 488 g/mol. The number of anilines is 2. The van der Waals surface area contributed by atoms with Crippen molar-refractivity contribution in [2.75, 3.05) is 38.6 Å². The van der Waals surface area contributed by atoms with Gasteiger partial charge in [0.05, 0.1) is 21.3 Å². The highest BCUT2D eigenvalue weighted by atomic mass is 16.5. The Morgan fingerprint density at radius 2 is 1.39 bits per heavy atom. The molecular weight excluding hydrogens is 462 g/mol. The molecule has 0 bridgehead atoms. The number of nitriles is 1. The van der Waals surface area contributed by atoms with E-state index in [4.69, 9.17) is 18.9 Å². The van der Waals surface area contributed by atoms with Gasteiger partial charge in [-0.25, -0.2) is 0 Å². The summed E-state index contributed by atoms with van der Waals surface area (Å²) in [4.78, 5) is 24.8. The van der Waals surface area contributed by atoms with Gasteiger partial charge < -0.3 is 29.6 Å². The molecule has 0 atom stereocenters. The predicted octanol–water partition coefficient (Wildman–Crippen LogP) is 4.28. The molecule has 0 aliphatic heterocycles. The van der Waals surface area contributed by atoms with Crippen molar-refractivity contribution < 1.29 is 28.5 Å². The quantitative estimate of drug-likeness (QED) is 0.324. The van der Waals surface area contributed by atoms with Crippen molar-refractivity contribution in [1.82, 2.24) is 0 Å². The van der Waals surface area contributed by atoms with Gasteiger partial charge in [0.25, 0.3) is 11.8 Å². The Bertz CT molecular complexity index is 1280. The minimum absolute atomic E-state index is 0.0968. The van der Waals surface area contributed by atoms with Gasteiger partial charge >= 0.3 is 0 Å². The van der Waals surface area contributed by atoms with Crippen molar-refractivity contribution in [1.29, 1.82) is 5.26 Å². The summed E-state index contributed by atoms with van der Waals surface area (Å²) in [5.41, 5.74) is 1.58. The molecule has 0 fully saturated rings. The van der Waals surface area contributed by atoms with E-state index in [0.29, 0.717) is 39.9 Å². The summed E-state index contributed by atoms with van der Waals surface area (Å²) in [6, 6.07) is 20.4. The number of methoxy groups -OCH3 is 3. The van der Waals surface area contributed by atoms with Crippen LogP contribution >= 0.6 is 0 Å². The largest absolute Gasteiger partial charge is 0.497 e. The number of rotatable bonds is 10. The zero-order valence-electron chi connectivity index (χ0n) is 20.0. The number of amides is 2. The fourth-order valence-corrected chi connectivity index (χ4v) is 3.10. The minimum Gasteiger partial charge on any atom is -0.497 e. The van der Waals surface area contributed by atoms with Crippen molar-refractivity contribution in [3.63, 3.8) is 0 Å². The summed E-state index contributed by atoms with van der Waals surface area (Å²) in [5, 5.41) is 14.9. The summed E-state index contributed by atoms with van der Waals surface area (Å²) in [7, 11) is 4.56. The molecule has 0 aromatic heterocycles. The molecule has 36 heavy (non-hydrogen) atoms. The van der Waals surface area contributed by atoms with Crippen molar-refractivity contribution in [3.8, 4) is 29.1 Å². The average Bonchev–Trinajstić information content (AvgIpc) is 2.91. The molecule has 184 valence electrons. The van der Waals surface area contributed by atoms with E-state index in [2.05, 4.69) is 10.6 Å². The molecule has 2 amide bonds. The van der Waals surface area contributed by atoms with Crippen LogP contribution in [-0.4, -0.2) is 39.8 Å². The van der Waals surface area contributed by atoms with Crippen LogP contribution in [0.1, 0.15) is 5.56 Å². The summed E-state index contributed by atoms with van der Waals surface area (Å²) >= 11 is 0. The maximum absolute atomic E-state index is 12.5. The van der Waals surface area contributed by atoms with Crippen LogP contribution in [0.5, 0.6) is 23.0 Å². The van der Waals surface area contributed by atoms with Crippen LogP contribution in [-0.2, 0) is 9.59 Å². The van der Waals surface area contributed by atoms with Crippen molar-refractivity contribution in [3.05, 3.63) is 77.9 Å². The van der Waals surface area contributed by atoms with E-state index >= 15 is 0 Å². The number of nitrogens with one attached hydrogen (secondary N) is 2. The molecule has 0 heterocycles. The zero-order valence-corrected chi connectivity index (χ0v) is 20.0. The molecule has 0 unspecified atom stereocenters. The van der Waals surface area contributed by atoms with E-state index in [0.717, 1.165) is 0 Å². The number of carbonyl (C=O) groups excluding carboxylic acids is 2. The third kappa shape index (κ3) is 7.01. The summed E-state index contributed by atoms with van der Waals surface area (Å²) in [6.45, 7) is -0.245. The van der Waals surface area contributed by atoms with Crippen molar-refractivity contribution >= 4 is 29.3 Å². The van der Waals surface area contributed by atoms with E-state index in [1.54, 1.807) is 80.9 Å². The lowest BCUT2D eigenvalue weighted by atomic mass is 10.1. The number of hydrogen-bond donors (Lipinski definition) is 2. The first-order valence-electron chi connectivity index (χ1n) is 10.8. The number of hydrogen-bond acceptors (Lipinski definition) is 7. The molecule has 0 saturated carbocycles. The Balaban J connectivity index is 1.64. The van der Waals surface area contributed by atoms with E-state index < -0.39 is 5.91 Å². The highest BCUT2D eigenvalue weighted by Crippen LogP contribution is 2.29. The lowest BCUT2D eigenvalue weighted by Crippen LogP contribution is -2.20. The Kier molecular flexibility index (Phi) is 8.89. The van der Waals surface area contributed by atoms with E-state index in [-0.39, 0.29) is 18.1 Å². The van der Waals surface area contributed by atoms with Crippen LogP contribution in [0.4, 0.5) is 11.4 Å². The zero-order chi connectivity index (χ0) is 25.9. The highest BCUT2D eigenvalue weighted by molar-refractivity contribution is 6.09. The van der Waals surface area contributed by atoms with Gasteiger partial charge in [0.15, 0.2) is 18.1 Å². The molecule has 9 heteroatoms. The fraction of sp³-hybridized carbons (Fsp3) is 0.148. The molecule has 2 N–H and O–H groups in total. The molecule has 3 aromatic rings. The van der Waals surface area contributed by atoms with E-state index in [9.17, 15) is 14.9 Å². The van der Waals surface area contributed by atoms with Crippen LogP contribution in [0.25, 0.3) is 6.08 Å². The van der Waals surface area contributed by atoms with Crippen LogP contribution < -0.4 is 29.6 Å². The van der Waals surface area contributed by atoms with Crippen molar-refractivity contribution in [2.45, 2.75) is 0 Å². The van der Waals surface area contributed by atoms with Gasteiger partial charge in [-0.15, -0.1) is 0 Å². The Hall–Kier alpha value is -4.97. The normalized spacial score (nSPS) is 10.6. The number of ether oxygens (including phenoxy) is 4. The van der Waals surface area contributed by atoms with Gasteiger partial charge in [-0.05, 0) is 72.3 Å². The fourth-order valence-electron chi connectivity index (χ4n) is 3.10. The minimum atomic E-state index is -0.558. The second-order valence-electron chi connectivity index (χ2n) is 7.33. The Labute approximate surface area is 208 Å². The highest BCUT2D eigenvalue weighted by Gasteiger charge is 2.12. The van der Waals surface area contributed by atoms with Crippen LogP contribution in [0.2, 0.25) is 0 Å². The molecular formula is C27H25N3O6. The molecule has 9 nitrogen and oxygen atoms in total. The molecule has 0 aliphatic carbocycles. The van der Waals surface area contributed by atoms with Crippen molar-refractivity contribution in [2.24, 2.45) is 0 Å². The van der Waals surface area contributed by atoms with Gasteiger partial charge in [0.2, 0.25) is 0 Å². The molecule has 0 radical (unpaired) electrons. The Morgan fingerprint density at radius 1 is 0.806 bits per heavy atom. The maximum Gasteiger partial charge on any atom is 0.266 e. The topological polar surface area (TPSA) is 119 Å². The first-order chi connectivity index (χ1) is 17.4. The molecule has 3 aromatic carbocycles. The molecule has 0 spiro atoms. The number of benzene rings is 3. The number of carbonyl (C=O) groups is 2. The lowest BCUT2D eigenvalue weighted by Gasteiger charge is -2.12.